The fourth-order valence-electron chi connectivity index (χ4n) is 1.77. The maximum atomic E-state index is 13.7. The first-order valence-corrected chi connectivity index (χ1v) is 7.28. The standard InChI is InChI=1S/C14H13ClFNO2S/c1-3-19-14(18)13-8(2)20-12(17-13)7-9-10(15)5-4-6-11(9)16/h4-6H,3,7H2,1-2H3. The average molecular weight is 314 g/mol. The summed E-state index contributed by atoms with van der Waals surface area (Å²) in [7, 11) is 0. The van der Waals surface area contributed by atoms with E-state index in [-0.39, 0.29) is 12.2 Å². The van der Waals surface area contributed by atoms with Crippen molar-refractivity contribution in [2.45, 2.75) is 20.3 Å². The Morgan fingerprint density at radius 1 is 1.50 bits per heavy atom. The predicted molar refractivity (Wildman–Crippen MR) is 77.0 cm³/mol. The SMILES string of the molecule is CCOC(=O)c1nc(Cc2c(F)cccc2Cl)sc1C. The van der Waals surface area contributed by atoms with Crippen molar-refractivity contribution in [3.05, 3.63) is 50.2 Å². The molecule has 0 spiro atoms. The van der Waals surface area contributed by atoms with Crippen LogP contribution in [0.3, 0.4) is 0 Å². The molecular formula is C14H13ClFNO2S. The molecule has 0 aliphatic carbocycles. The van der Waals surface area contributed by atoms with Crippen molar-refractivity contribution in [1.82, 2.24) is 4.98 Å². The largest absolute Gasteiger partial charge is 0.461 e. The van der Waals surface area contributed by atoms with Crippen LogP contribution in [0.4, 0.5) is 4.39 Å². The van der Waals surface area contributed by atoms with Gasteiger partial charge >= 0.3 is 5.97 Å². The number of esters is 1. The summed E-state index contributed by atoms with van der Waals surface area (Å²) in [6.07, 6.45) is 0.260. The first-order chi connectivity index (χ1) is 9.52. The van der Waals surface area contributed by atoms with Crippen LogP contribution in [-0.2, 0) is 11.2 Å². The van der Waals surface area contributed by atoms with E-state index >= 15 is 0 Å². The van der Waals surface area contributed by atoms with Gasteiger partial charge in [0.25, 0.3) is 0 Å². The van der Waals surface area contributed by atoms with Gasteiger partial charge in [0.05, 0.1) is 11.6 Å². The predicted octanol–water partition coefficient (Wildman–Crippen LogP) is 4.01. The van der Waals surface area contributed by atoms with Crippen molar-refractivity contribution in [2.75, 3.05) is 6.61 Å². The van der Waals surface area contributed by atoms with Crippen LogP contribution < -0.4 is 0 Å². The average Bonchev–Trinajstić information content (AvgIpc) is 2.75. The van der Waals surface area contributed by atoms with Gasteiger partial charge in [-0.05, 0) is 26.0 Å². The maximum absolute atomic E-state index is 13.7. The molecule has 0 aliphatic rings. The lowest BCUT2D eigenvalue weighted by molar-refractivity contribution is 0.0519. The normalized spacial score (nSPS) is 10.6. The first kappa shape index (κ1) is 14.9. The number of halogens is 2. The molecule has 0 fully saturated rings. The summed E-state index contributed by atoms with van der Waals surface area (Å²) in [6.45, 7) is 3.82. The monoisotopic (exact) mass is 313 g/mol. The van der Waals surface area contributed by atoms with Crippen LogP contribution in [0.15, 0.2) is 18.2 Å². The van der Waals surface area contributed by atoms with Gasteiger partial charge in [0.1, 0.15) is 5.82 Å². The van der Waals surface area contributed by atoms with Crippen LogP contribution in [0.2, 0.25) is 5.02 Å². The summed E-state index contributed by atoms with van der Waals surface area (Å²) in [4.78, 5) is 16.7. The molecule has 106 valence electrons. The minimum absolute atomic E-state index is 0.260. The van der Waals surface area contributed by atoms with E-state index in [0.717, 1.165) is 4.88 Å². The highest BCUT2D eigenvalue weighted by Crippen LogP contribution is 2.26. The van der Waals surface area contributed by atoms with Crippen molar-refractivity contribution in [3.8, 4) is 0 Å². The second-order valence-corrected chi connectivity index (χ2v) is 5.80. The van der Waals surface area contributed by atoms with Crippen LogP contribution in [-0.4, -0.2) is 17.6 Å². The van der Waals surface area contributed by atoms with E-state index in [9.17, 15) is 9.18 Å². The van der Waals surface area contributed by atoms with Crippen LogP contribution >= 0.6 is 22.9 Å². The molecule has 0 saturated heterocycles. The number of carbonyl (C=O) groups is 1. The number of nitrogens with zero attached hydrogens (tertiary/aromatic N) is 1. The molecule has 3 nitrogen and oxygen atoms in total. The summed E-state index contributed by atoms with van der Waals surface area (Å²) in [5.74, 6) is -0.824. The molecule has 1 aromatic heterocycles. The Hall–Kier alpha value is -1.46. The Balaban J connectivity index is 2.27. The molecule has 0 aliphatic heterocycles. The number of aryl methyl sites for hydroxylation is 1. The zero-order valence-corrected chi connectivity index (χ0v) is 12.6. The third kappa shape index (κ3) is 3.16. The molecule has 2 rings (SSSR count). The highest BCUT2D eigenvalue weighted by Gasteiger charge is 2.18. The number of aromatic nitrogens is 1. The number of benzene rings is 1. The van der Waals surface area contributed by atoms with Crippen molar-refractivity contribution < 1.29 is 13.9 Å². The second-order valence-electron chi connectivity index (χ2n) is 4.11. The third-order valence-corrected chi connectivity index (χ3v) is 4.02. The second kappa shape index (κ2) is 6.33. The lowest BCUT2D eigenvalue weighted by Crippen LogP contribution is -2.06. The number of hydrogen-bond acceptors (Lipinski definition) is 4. The van der Waals surface area contributed by atoms with E-state index in [0.29, 0.717) is 27.9 Å². The van der Waals surface area contributed by atoms with Gasteiger partial charge in [-0.25, -0.2) is 14.2 Å². The molecule has 0 amide bonds. The molecule has 0 radical (unpaired) electrons. The van der Waals surface area contributed by atoms with Crippen LogP contribution in [0.5, 0.6) is 0 Å². The Morgan fingerprint density at radius 3 is 2.90 bits per heavy atom. The Bertz CT molecular complexity index is 622. The summed E-state index contributed by atoms with van der Waals surface area (Å²) in [6, 6.07) is 4.54. The van der Waals surface area contributed by atoms with Crippen molar-refractivity contribution in [3.63, 3.8) is 0 Å². The van der Waals surface area contributed by atoms with E-state index in [1.807, 2.05) is 0 Å². The lowest BCUT2D eigenvalue weighted by Gasteiger charge is -2.03. The lowest BCUT2D eigenvalue weighted by atomic mass is 10.1. The number of ether oxygens (including phenoxy) is 1. The molecule has 0 saturated carbocycles. The third-order valence-electron chi connectivity index (χ3n) is 2.70. The van der Waals surface area contributed by atoms with Crippen LogP contribution in [0.1, 0.15) is 32.9 Å². The molecule has 0 atom stereocenters. The zero-order chi connectivity index (χ0) is 14.7. The molecular weight excluding hydrogens is 301 g/mol. The Morgan fingerprint density at radius 2 is 2.25 bits per heavy atom. The minimum atomic E-state index is -0.452. The minimum Gasteiger partial charge on any atom is -0.461 e. The number of hydrogen-bond donors (Lipinski definition) is 0. The van der Waals surface area contributed by atoms with E-state index in [4.69, 9.17) is 16.3 Å². The number of thiazole rings is 1. The summed E-state index contributed by atoms with van der Waals surface area (Å²) >= 11 is 7.33. The van der Waals surface area contributed by atoms with Gasteiger partial charge in [-0.15, -0.1) is 11.3 Å². The number of carbonyl (C=O) groups excluding carboxylic acids is 1. The van der Waals surface area contributed by atoms with Gasteiger partial charge in [0.2, 0.25) is 0 Å². The van der Waals surface area contributed by atoms with Gasteiger partial charge in [-0.1, -0.05) is 17.7 Å². The van der Waals surface area contributed by atoms with Crippen molar-refractivity contribution in [1.29, 1.82) is 0 Å². The molecule has 6 heteroatoms. The Kier molecular flexibility index (Phi) is 4.73. The smallest absolute Gasteiger partial charge is 0.358 e. The Labute approximate surface area is 125 Å². The van der Waals surface area contributed by atoms with E-state index < -0.39 is 5.97 Å². The van der Waals surface area contributed by atoms with Crippen LogP contribution in [0, 0.1) is 12.7 Å². The van der Waals surface area contributed by atoms with Gasteiger partial charge in [0, 0.05) is 21.9 Å². The molecule has 2 aromatic rings. The zero-order valence-electron chi connectivity index (χ0n) is 11.1. The molecule has 0 bridgehead atoms. The summed E-state index contributed by atoms with van der Waals surface area (Å²) in [5.41, 5.74) is 0.678. The molecule has 20 heavy (non-hydrogen) atoms. The van der Waals surface area contributed by atoms with E-state index in [1.165, 1.54) is 17.4 Å². The van der Waals surface area contributed by atoms with Gasteiger partial charge < -0.3 is 4.74 Å². The van der Waals surface area contributed by atoms with Crippen molar-refractivity contribution in [2.24, 2.45) is 0 Å². The van der Waals surface area contributed by atoms with E-state index in [2.05, 4.69) is 4.98 Å². The summed E-state index contributed by atoms with van der Waals surface area (Å²) < 4.78 is 18.6. The molecule has 0 N–H and O–H groups in total. The highest BCUT2D eigenvalue weighted by molar-refractivity contribution is 7.11. The van der Waals surface area contributed by atoms with Crippen LogP contribution in [0.25, 0.3) is 0 Å². The molecule has 1 aromatic carbocycles. The quantitative estimate of drug-likeness (QED) is 0.801. The fourth-order valence-corrected chi connectivity index (χ4v) is 2.93. The van der Waals surface area contributed by atoms with Gasteiger partial charge in [0.15, 0.2) is 5.69 Å². The molecule has 1 heterocycles. The van der Waals surface area contributed by atoms with Gasteiger partial charge in [-0.2, -0.15) is 0 Å². The van der Waals surface area contributed by atoms with Gasteiger partial charge in [-0.3, -0.25) is 0 Å². The topological polar surface area (TPSA) is 39.2 Å². The van der Waals surface area contributed by atoms with E-state index in [1.54, 1.807) is 26.0 Å². The molecule has 0 unspecified atom stereocenters. The number of rotatable bonds is 4. The maximum Gasteiger partial charge on any atom is 0.358 e. The van der Waals surface area contributed by atoms with Crippen molar-refractivity contribution >= 4 is 28.9 Å². The summed E-state index contributed by atoms with van der Waals surface area (Å²) in [5, 5.41) is 0.994. The first-order valence-electron chi connectivity index (χ1n) is 6.09. The highest BCUT2D eigenvalue weighted by atomic mass is 35.5. The fraction of sp³-hybridized carbons (Fsp3) is 0.286.